The van der Waals surface area contributed by atoms with Gasteiger partial charge in [-0.25, -0.2) is 0 Å². The van der Waals surface area contributed by atoms with Crippen LogP contribution >= 0.6 is 0 Å². The molecule has 0 spiro atoms. The third-order valence-corrected chi connectivity index (χ3v) is 11.4. The van der Waals surface area contributed by atoms with Crippen molar-refractivity contribution in [2.45, 2.75) is 243 Å². The van der Waals surface area contributed by atoms with E-state index in [2.05, 4.69) is 74.6 Å². The number of ether oxygens (including phenoxy) is 4. The number of unbranched alkanes of at least 4 members (excludes halogenated alkanes) is 22. The Bertz CT molecular complexity index is 1130. The minimum absolute atomic E-state index is 0.122. The first-order valence-electron chi connectivity index (χ1n) is 25.4. The van der Waals surface area contributed by atoms with Gasteiger partial charge in [-0.15, -0.1) is 0 Å². The van der Waals surface area contributed by atoms with Crippen molar-refractivity contribution in [2.24, 2.45) is 0 Å². The maximum absolute atomic E-state index is 12.8. The zero-order valence-corrected chi connectivity index (χ0v) is 39.6. The third-order valence-electron chi connectivity index (χ3n) is 11.4. The fourth-order valence-electron chi connectivity index (χ4n) is 7.41. The van der Waals surface area contributed by atoms with Crippen LogP contribution in [0, 0.1) is 0 Å². The topological polar surface area (TPSA) is 135 Å². The summed E-state index contributed by atoms with van der Waals surface area (Å²) in [4.78, 5) is 12.8. The van der Waals surface area contributed by atoms with Crippen LogP contribution in [0.5, 0.6) is 0 Å². The van der Waals surface area contributed by atoms with Crippen molar-refractivity contribution in [1.82, 2.24) is 0 Å². The largest absolute Gasteiger partial charge is 0.457 e. The summed E-state index contributed by atoms with van der Waals surface area (Å²) < 4.78 is 22.9. The number of aliphatic hydroxyl groups is 4. The van der Waals surface area contributed by atoms with Gasteiger partial charge < -0.3 is 39.4 Å². The van der Waals surface area contributed by atoms with E-state index in [9.17, 15) is 25.2 Å². The van der Waals surface area contributed by atoms with Gasteiger partial charge in [0.25, 0.3) is 0 Å². The van der Waals surface area contributed by atoms with Gasteiger partial charge in [0.05, 0.1) is 19.8 Å². The van der Waals surface area contributed by atoms with Crippen molar-refractivity contribution in [2.75, 3.05) is 26.4 Å². The maximum atomic E-state index is 12.8. The van der Waals surface area contributed by atoms with Gasteiger partial charge >= 0.3 is 5.97 Å². The van der Waals surface area contributed by atoms with Gasteiger partial charge in [0.2, 0.25) is 0 Å². The smallest absolute Gasteiger partial charge is 0.306 e. The number of rotatable bonds is 43. The highest BCUT2D eigenvalue weighted by Crippen LogP contribution is 2.23. The summed E-state index contributed by atoms with van der Waals surface area (Å²) >= 11 is 0. The molecule has 1 aliphatic rings. The molecular formula is C53H94O9. The zero-order valence-electron chi connectivity index (χ0n) is 39.6. The quantitative estimate of drug-likeness (QED) is 0.0268. The number of esters is 1. The van der Waals surface area contributed by atoms with E-state index in [1.165, 1.54) is 122 Å². The van der Waals surface area contributed by atoms with Crippen molar-refractivity contribution in [3.8, 4) is 0 Å². The Morgan fingerprint density at radius 2 is 0.935 bits per heavy atom. The molecule has 1 rings (SSSR count). The summed E-state index contributed by atoms with van der Waals surface area (Å²) in [5.41, 5.74) is 0. The first kappa shape index (κ1) is 57.9. The molecule has 1 saturated heterocycles. The molecule has 0 aromatic heterocycles. The number of aliphatic hydroxyl groups excluding tert-OH is 4. The Morgan fingerprint density at radius 3 is 1.40 bits per heavy atom. The highest BCUT2D eigenvalue weighted by Gasteiger charge is 2.44. The molecule has 62 heavy (non-hydrogen) atoms. The molecule has 6 atom stereocenters. The van der Waals surface area contributed by atoms with E-state index in [0.29, 0.717) is 13.0 Å². The van der Waals surface area contributed by atoms with E-state index in [1.807, 2.05) is 0 Å². The Morgan fingerprint density at radius 1 is 0.516 bits per heavy atom. The van der Waals surface area contributed by atoms with Crippen LogP contribution in [0.3, 0.4) is 0 Å². The van der Waals surface area contributed by atoms with Crippen LogP contribution < -0.4 is 0 Å². The van der Waals surface area contributed by atoms with E-state index >= 15 is 0 Å². The first-order valence-corrected chi connectivity index (χ1v) is 25.4. The summed E-state index contributed by atoms with van der Waals surface area (Å²) in [5, 5.41) is 40.2. The highest BCUT2D eigenvalue weighted by atomic mass is 16.7. The van der Waals surface area contributed by atoms with Crippen LogP contribution in [0.15, 0.2) is 60.8 Å². The molecular weight excluding hydrogens is 781 g/mol. The lowest BCUT2D eigenvalue weighted by molar-refractivity contribution is -0.305. The fraction of sp³-hybridized carbons (Fsp3) is 0.792. The van der Waals surface area contributed by atoms with Gasteiger partial charge in [0, 0.05) is 13.0 Å². The Kier molecular flexibility index (Phi) is 41.2. The Balaban J connectivity index is 2.23. The van der Waals surface area contributed by atoms with Crippen molar-refractivity contribution in [1.29, 1.82) is 0 Å². The Labute approximate surface area is 379 Å². The lowest BCUT2D eigenvalue weighted by atomic mass is 9.99. The van der Waals surface area contributed by atoms with Crippen LogP contribution in [0.25, 0.3) is 0 Å². The average molecular weight is 875 g/mol. The maximum Gasteiger partial charge on any atom is 0.306 e. The summed E-state index contributed by atoms with van der Waals surface area (Å²) in [7, 11) is 0. The molecule has 1 fully saturated rings. The summed E-state index contributed by atoms with van der Waals surface area (Å²) in [5.74, 6) is -0.327. The molecule has 6 unspecified atom stereocenters. The number of carbonyl (C=O) groups excluding carboxylic acids is 1. The molecule has 4 N–H and O–H groups in total. The predicted octanol–water partition coefficient (Wildman–Crippen LogP) is 12.3. The van der Waals surface area contributed by atoms with Gasteiger partial charge in [0.15, 0.2) is 6.29 Å². The summed E-state index contributed by atoms with van der Waals surface area (Å²) in [6.45, 7) is 4.49. The molecule has 0 amide bonds. The van der Waals surface area contributed by atoms with Crippen LogP contribution in [0.2, 0.25) is 0 Å². The number of allylic oxidation sites excluding steroid dienone is 10. The summed E-state index contributed by atoms with van der Waals surface area (Å²) in [6.07, 6.45) is 49.6. The molecule has 0 aromatic rings. The van der Waals surface area contributed by atoms with Crippen molar-refractivity contribution >= 4 is 5.97 Å². The lowest BCUT2D eigenvalue weighted by Crippen LogP contribution is -2.59. The van der Waals surface area contributed by atoms with E-state index in [4.69, 9.17) is 18.9 Å². The number of carbonyl (C=O) groups is 1. The molecule has 0 bridgehead atoms. The molecule has 360 valence electrons. The SMILES string of the molecule is CCCCC/C=C\C/C=C\C/C=C\CCCCCCCCC(=O)OC(COCCCCCCCCCCCC/C=C\C/C=C\CCCCC)COC1OC(CO)C(O)C(O)C1O. The van der Waals surface area contributed by atoms with E-state index in [1.54, 1.807) is 0 Å². The molecule has 0 aromatic carbocycles. The Hall–Kier alpha value is -2.11. The lowest BCUT2D eigenvalue weighted by Gasteiger charge is -2.39. The van der Waals surface area contributed by atoms with Crippen LogP contribution in [-0.4, -0.2) is 89.6 Å². The fourth-order valence-corrected chi connectivity index (χ4v) is 7.41. The second kappa shape index (κ2) is 44.1. The molecule has 1 aliphatic heterocycles. The van der Waals surface area contributed by atoms with E-state index in [0.717, 1.165) is 64.2 Å². The van der Waals surface area contributed by atoms with Gasteiger partial charge in [-0.1, -0.05) is 177 Å². The van der Waals surface area contributed by atoms with Crippen LogP contribution in [0.4, 0.5) is 0 Å². The van der Waals surface area contributed by atoms with Gasteiger partial charge in [-0.05, 0) is 83.5 Å². The second-order valence-corrected chi connectivity index (χ2v) is 17.3. The molecule has 9 nitrogen and oxygen atoms in total. The zero-order chi connectivity index (χ0) is 45.0. The van der Waals surface area contributed by atoms with Gasteiger partial charge in [-0.2, -0.15) is 0 Å². The van der Waals surface area contributed by atoms with E-state index in [-0.39, 0.29) is 19.2 Å². The van der Waals surface area contributed by atoms with Crippen LogP contribution in [0.1, 0.15) is 206 Å². The first-order chi connectivity index (χ1) is 30.4. The van der Waals surface area contributed by atoms with Gasteiger partial charge in [-0.3, -0.25) is 4.79 Å². The summed E-state index contributed by atoms with van der Waals surface area (Å²) in [6, 6.07) is 0. The molecule has 1 heterocycles. The highest BCUT2D eigenvalue weighted by molar-refractivity contribution is 5.69. The van der Waals surface area contributed by atoms with Gasteiger partial charge in [0.1, 0.15) is 30.5 Å². The monoisotopic (exact) mass is 875 g/mol. The second-order valence-electron chi connectivity index (χ2n) is 17.3. The minimum Gasteiger partial charge on any atom is -0.457 e. The predicted molar refractivity (Wildman–Crippen MR) is 256 cm³/mol. The van der Waals surface area contributed by atoms with Crippen molar-refractivity contribution < 1.29 is 44.2 Å². The minimum atomic E-state index is -1.54. The third kappa shape index (κ3) is 34.3. The molecule has 9 heteroatoms. The van der Waals surface area contributed by atoms with E-state index < -0.39 is 43.4 Å². The van der Waals surface area contributed by atoms with Crippen molar-refractivity contribution in [3.63, 3.8) is 0 Å². The van der Waals surface area contributed by atoms with Crippen molar-refractivity contribution in [3.05, 3.63) is 60.8 Å². The standard InChI is InChI=1S/C53H94O9/c1-3-5-7-9-11-13-15-17-19-21-23-25-27-29-31-33-35-37-39-41-43-59-45-47(46-60-53-52(58)51(57)50(56)48(44-54)62-53)61-49(55)42-40-38-36-34-32-30-28-26-24-22-20-18-16-14-12-10-8-6-4-2/h11-14,17-20,24,26,47-48,50-54,56-58H,3-10,15-16,21-23,25,27-46H2,1-2H3/b13-11-,14-12-,19-17-,20-18-,26-24-. The average Bonchev–Trinajstić information content (AvgIpc) is 3.27. The normalized spacial score (nSPS) is 20.3. The number of hydrogen-bond donors (Lipinski definition) is 4. The molecule has 0 radical (unpaired) electrons. The number of hydrogen-bond acceptors (Lipinski definition) is 9. The molecule has 0 aliphatic carbocycles. The van der Waals surface area contributed by atoms with Crippen LogP contribution in [-0.2, 0) is 23.7 Å². The molecule has 0 saturated carbocycles.